The second-order valence-corrected chi connectivity index (χ2v) is 3.55. The topological polar surface area (TPSA) is 45.8 Å². The summed E-state index contributed by atoms with van der Waals surface area (Å²) in [5.74, 6) is 5.97. The lowest BCUT2D eigenvalue weighted by molar-refractivity contribution is 0.933. The van der Waals surface area contributed by atoms with Crippen LogP contribution < -0.4 is 5.56 Å². The Morgan fingerprint density at radius 2 is 2.50 bits per heavy atom. The first kappa shape index (κ1) is 11.2. The molecule has 3 nitrogen and oxygen atoms in total. The number of halogens is 1. The molecule has 74 valence electrons. The van der Waals surface area contributed by atoms with E-state index in [-0.39, 0.29) is 5.56 Å². The fourth-order valence-corrected chi connectivity index (χ4v) is 1.22. The molecule has 0 radical (unpaired) electrons. The van der Waals surface area contributed by atoms with Gasteiger partial charge in [0.15, 0.2) is 5.16 Å². The number of hydrogen-bond donors (Lipinski definition) is 1. The number of nitrogens with zero attached hydrogens (tertiary/aromatic N) is 1. The molecule has 0 saturated carbocycles. The van der Waals surface area contributed by atoms with Crippen molar-refractivity contribution in [1.82, 2.24) is 9.97 Å². The third kappa shape index (κ3) is 3.09. The lowest BCUT2D eigenvalue weighted by Crippen LogP contribution is -2.11. The fourth-order valence-electron chi connectivity index (χ4n) is 0.776. The van der Waals surface area contributed by atoms with E-state index in [0.717, 1.165) is 0 Å². The number of H-pyrrole nitrogens is 1. The quantitative estimate of drug-likeness (QED) is 0.361. The normalized spacial score (nSPS) is 9.29. The SMILES string of the molecule is CSc1ncc(C#CCCCl)c(=O)[nH]1. The highest BCUT2D eigenvalue weighted by molar-refractivity contribution is 7.98. The van der Waals surface area contributed by atoms with Gasteiger partial charge in [0.05, 0.1) is 6.20 Å². The minimum absolute atomic E-state index is 0.202. The minimum Gasteiger partial charge on any atom is -0.300 e. The average Bonchev–Trinajstić information content (AvgIpc) is 2.20. The summed E-state index contributed by atoms with van der Waals surface area (Å²) in [4.78, 5) is 18.0. The van der Waals surface area contributed by atoms with Gasteiger partial charge in [-0.25, -0.2) is 4.98 Å². The highest BCUT2D eigenvalue weighted by Gasteiger charge is 1.97. The smallest absolute Gasteiger partial charge is 0.267 e. The van der Waals surface area contributed by atoms with Crippen molar-refractivity contribution in [3.63, 3.8) is 0 Å². The molecule has 5 heteroatoms. The van der Waals surface area contributed by atoms with Crippen molar-refractivity contribution in [2.75, 3.05) is 12.1 Å². The van der Waals surface area contributed by atoms with Crippen molar-refractivity contribution in [1.29, 1.82) is 0 Å². The second kappa shape index (κ2) is 5.74. The molecule has 1 rings (SSSR count). The molecule has 14 heavy (non-hydrogen) atoms. The van der Waals surface area contributed by atoms with Gasteiger partial charge in [0.2, 0.25) is 0 Å². The predicted molar refractivity (Wildman–Crippen MR) is 58.9 cm³/mol. The maximum absolute atomic E-state index is 11.3. The Hall–Kier alpha value is -0.920. The van der Waals surface area contributed by atoms with Crippen molar-refractivity contribution >= 4 is 23.4 Å². The number of aromatic nitrogens is 2. The summed E-state index contributed by atoms with van der Waals surface area (Å²) in [6, 6.07) is 0. The van der Waals surface area contributed by atoms with Crippen LogP contribution in [0.1, 0.15) is 12.0 Å². The molecule has 1 aromatic heterocycles. The van der Waals surface area contributed by atoms with Crippen molar-refractivity contribution in [2.45, 2.75) is 11.6 Å². The van der Waals surface area contributed by atoms with Crippen LogP contribution in [0.5, 0.6) is 0 Å². The molecule has 0 atom stereocenters. The fraction of sp³-hybridized carbons (Fsp3) is 0.333. The van der Waals surface area contributed by atoms with E-state index < -0.39 is 0 Å². The Labute approximate surface area is 91.3 Å². The predicted octanol–water partition coefficient (Wildman–Crippen LogP) is 1.47. The second-order valence-electron chi connectivity index (χ2n) is 2.38. The highest BCUT2D eigenvalue weighted by atomic mass is 35.5. The van der Waals surface area contributed by atoms with Crippen molar-refractivity contribution in [2.24, 2.45) is 0 Å². The van der Waals surface area contributed by atoms with Gasteiger partial charge in [0.1, 0.15) is 5.56 Å². The molecule has 0 aliphatic rings. The van der Waals surface area contributed by atoms with Crippen LogP contribution in [-0.4, -0.2) is 22.1 Å². The molecule has 1 heterocycles. The maximum atomic E-state index is 11.3. The molecule has 0 aliphatic heterocycles. The number of hydrogen-bond acceptors (Lipinski definition) is 3. The van der Waals surface area contributed by atoms with E-state index >= 15 is 0 Å². The van der Waals surface area contributed by atoms with Crippen LogP contribution in [0, 0.1) is 11.8 Å². The lowest BCUT2D eigenvalue weighted by atomic mass is 10.3. The van der Waals surface area contributed by atoms with E-state index in [1.54, 1.807) is 0 Å². The Bertz CT molecular complexity index is 419. The zero-order chi connectivity index (χ0) is 10.4. The number of aromatic amines is 1. The summed E-state index contributed by atoms with van der Waals surface area (Å²) in [5.41, 5.74) is 0.180. The van der Waals surface area contributed by atoms with Crippen LogP contribution in [0.2, 0.25) is 0 Å². The van der Waals surface area contributed by atoms with Gasteiger partial charge >= 0.3 is 0 Å². The number of nitrogens with one attached hydrogen (secondary N) is 1. The van der Waals surface area contributed by atoms with Gasteiger partial charge in [-0.2, -0.15) is 0 Å². The summed E-state index contributed by atoms with van der Waals surface area (Å²) in [5, 5.41) is 0.595. The van der Waals surface area contributed by atoms with Gasteiger partial charge in [-0.15, -0.1) is 11.6 Å². The average molecular weight is 229 g/mol. The van der Waals surface area contributed by atoms with Crippen LogP contribution in [0.3, 0.4) is 0 Å². The molecule has 0 aromatic carbocycles. The molecular formula is C9H9ClN2OS. The Kier molecular flexibility index (Phi) is 4.57. The third-order valence-corrected chi connectivity index (χ3v) is 2.20. The molecule has 0 unspecified atom stereocenters. The van der Waals surface area contributed by atoms with Gasteiger partial charge in [0, 0.05) is 12.3 Å². The Morgan fingerprint density at radius 3 is 3.07 bits per heavy atom. The minimum atomic E-state index is -0.202. The van der Waals surface area contributed by atoms with Gasteiger partial charge in [-0.05, 0) is 6.26 Å². The molecule has 1 aromatic rings. The largest absolute Gasteiger partial charge is 0.300 e. The molecule has 0 aliphatic carbocycles. The van der Waals surface area contributed by atoms with Crippen molar-refractivity contribution < 1.29 is 0 Å². The van der Waals surface area contributed by atoms with E-state index in [0.29, 0.717) is 23.0 Å². The first-order valence-corrected chi connectivity index (χ1v) is 5.72. The highest BCUT2D eigenvalue weighted by Crippen LogP contribution is 2.03. The van der Waals surface area contributed by atoms with Crippen molar-refractivity contribution in [3.05, 3.63) is 22.1 Å². The molecule has 0 amide bonds. The maximum Gasteiger partial charge on any atom is 0.267 e. The standard InChI is InChI=1S/C9H9ClN2OS/c1-14-9-11-6-7(8(13)12-9)4-2-3-5-10/h6H,3,5H2,1H3,(H,11,12,13). The summed E-state index contributed by atoms with van der Waals surface area (Å²) in [6.07, 6.45) is 3.90. The first-order chi connectivity index (χ1) is 6.77. The summed E-state index contributed by atoms with van der Waals surface area (Å²) in [7, 11) is 0. The number of rotatable bonds is 2. The molecule has 0 fully saturated rings. The molecule has 0 spiro atoms. The van der Waals surface area contributed by atoms with Crippen LogP contribution in [0.4, 0.5) is 0 Å². The van der Waals surface area contributed by atoms with Gasteiger partial charge in [0.25, 0.3) is 5.56 Å². The Morgan fingerprint density at radius 1 is 1.71 bits per heavy atom. The zero-order valence-electron chi connectivity index (χ0n) is 7.63. The Balaban J connectivity index is 2.91. The monoisotopic (exact) mass is 228 g/mol. The van der Waals surface area contributed by atoms with Crippen LogP contribution >= 0.6 is 23.4 Å². The summed E-state index contributed by atoms with van der Waals surface area (Å²) in [6.45, 7) is 0. The molecule has 0 saturated heterocycles. The van der Waals surface area contributed by atoms with Crippen LogP contribution in [-0.2, 0) is 0 Å². The molecule has 0 bridgehead atoms. The number of thioether (sulfide) groups is 1. The number of alkyl halides is 1. The van der Waals surface area contributed by atoms with Gasteiger partial charge < -0.3 is 4.98 Å². The van der Waals surface area contributed by atoms with Gasteiger partial charge in [-0.1, -0.05) is 23.6 Å². The van der Waals surface area contributed by atoms with Crippen molar-refractivity contribution in [3.8, 4) is 11.8 Å². The lowest BCUT2D eigenvalue weighted by Gasteiger charge is -1.93. The van der Waals surface area contributed by atoms with E-state index in [2.05, 4.69) is 21.8 Å². The van der Waals surface area contributed by atoms with E-state index in [1.165, 1.54) is 18.0 Å². The summed E-state index contributed by atoms with van der Waals surface area (Å²) >= 11 is 6.83. The van der Waals surface area contributed by atoms with E-state index in [4.69, 9.17) is 11.6 Å². The van der Waals surface area contributed by atoms with E-state index in [1.807, 2.05) is 6.26 Å². The third-order valence-electron chi connectivity index (χ3n) is 1.41. The molecular weight excluding hydrogens is 220 g/mol. The van der Waals surface area contributed by atoms with Gasteiger partial charge in [-0.3, -0.25) is 4.79 Å². The molecule has 1 N–H and O–H groups in total. The zero-order valence-corrected chi connectivity index (χ0v) is 9.21. The summed E-state index contributed by atoms with van der Waals surface area (Å²) < 4.78 is 0. The van der Waals surface area contributed by atoms with Crippen LogP contribution in [0.25, 0.3) is 0 Å². The van der Waals surface area contributed by atoms with Crippen LogP contribution in [0.15, 0.2) is 16.1 Å². The first-order valence-electron chi connectivity index (χ1n) is 3.96. The van der Waals surface area contributed by atoms with E-state index in [9.17, 15) is 4.79 Å².